The van der Waals surface area contributed by atoms with Crippen LogP contribution in [0.4, 0.5) is 0 Å². The van der Waals surface area contributed by atoms with Crippen molar-refractivity contribution in [3.05, 3.63) is 33.8 Å². The van der Waals surface area contributed by atoms with Gasteiger partial charge in [-0.3, -0.25) is 4.79 Å². The number of piperazine rings is 1. The number of carbonyl (C=O) groups excluding carboxylic acids is 1. The molecule has 2 aromatic rings. The van der Waals surface area contributed by atoms with E-state index in [2.05, 4.69) is 11.2 Å². The van der Waals surface area contributed by atoms with Crippen molar-refractivity contribution in [2.24, 2.45) is 0 Å². The van der Waals surface area contributed by atoms with Crippen LogP contribution in [-0.4, -0.2) is 60.6 Å². The van der Waals surface area contributed by atoms with Crippen molar-refractivity contribution < 1.29 is 17.7 Å². The lowest BCUT2D eigenvalue weighted by atomic mass is 10.3. The van der Waals surface area contributed by atoms with Gasteiger partial charge in [0, 0.05) is 36.8 Å². The van der Waals surface area contributed by atoms with E-state index in [-0.39, 0.29) is 23.9 Å². The summed E-state index contributed by atoms with van der Waals surface area (Å²) < 4.78 is 32.0. The number of thiophene rings is 1. The standard InChI is InChI=1S/C16H21N3O4S3/c1-12-16(13(2)23-17-12)26(21,22)19-7-5-18(6-8-19)15(20)11-24-10-14-4-3-9-25-14/h3-4,9H,5-8,10-11H2,1-2H3. The van der Waals surface area contributed by atoms with Crippen LogP contribution in [0, 0.1) is 13.8 Å². The summed E-state index contributed by atoms with van der Waals surface area (Å²) in [5.41, 5.74) is 0.367. The highest BCUT2D eigenvalue weighted by molar-refractivity contribution is 7.99. The van der Waals surface area contributed by atoms with Crippen LogP contribution in [-0.2, 0) is 20.6 Å². The third-order valence-corrected chi connectivity index (χ3v) is 8.38. The van der Waals surface area contributed by atoms with Crippen LogP contribution in [0.5, 0.6) is 0 Å². The maximum absolute atomic E-state index is 12.8. The molecule has 0 unspecified atom stereocenters. The van der Waals surface area contributed by atoms with Crippen LogP contribution in [0.15, 0.2) is 26.9 Å². The van der Waals surface area contributed by atoms with Crippen molar-refractivity contribution in [3.63, 3.8) is 0 Å². The molecule has 0 N–H and O–H groups in total. The molecule has 0 aromatic carbocycles. The molecule has 2 aromatic heterocycles. The molecule has 142 valence electrons. The Balaban J connectivity index is 1.53. The second-order valence-electron chi connectivity index (χ2n) is 6.01. The van der Waals surface area contributed by atoms with E-state index < -0.39 is 10.0 Å². The van der Waals surface area contributed by atoms with Crippen LogP contribution in [0.1, 0.15) is 16.3 Å². The van der Waals surface area contributed by atoms with Gasteiger partial charge < -0.3 is 9.42 Å². The number of rotatable bonds is 6. The minimum Gasteiger partial charge on any atom is -0.360 e. The Labute approximate surface area is 161 Å². The van der Waals surface area contributed by atoms with E-state index in [0.29, 0.717) is 30.3 Å². The average Bonchev–Trinajstić information content (AvgIpc) is 3.25. The van der Waals surface area contributed by atoms with Crippen molar-refractivity contribution in [3.8, 4) is 0 Å². The van der Waals surface area contributed by atoms with E-state index in [4.69, 9.17) is 4.52 Å². The van der Waals surface area contributed by atoms with Gasteiger partial charge in [-0.15, -0.1) is 23.1 Å². The Kier molecular flexibility index (Phi) is 6.06. The number of hydrogen-bond acceptors (Lipinski definition) is 7. The van der Waals surface area contributed by atoms with Crippen molar-refractivity contribution in [2.45, 2.75) is 24.5 Å². The Morgan fingerprint density at radius 2 is 2.04 bits per heavy atom. The minimum absolute atomic E-state index is 0.0564. The van der Waals surface area contributed by atoms with Gasteiger partial charge in [0.25, 0.3) is 0 Å². The summed E-state index contributed by atoms with van der Waals surface area (Å²) in [4.78, 5) is 15.5. The van der Waals surface area contributed by atoms with Crippen molar-refractivity contribution in [1.29, 1.82) is 0 Å². The zero-order valence-electron chi connectivity index (χ0n) is 14.7. The molecule has 1 fully saturated rings. The normalized spacial score (nSPS) is 16.2. The van der Waals surface area contributed by atoms with Crippen LogP contribution >= 0.6 is 23.1 Å². The zero-order chi connectivity index (χ0) is 18.7. The highest BCUT2D eigenvalue weighted by Gasteiger charge is 2.34. The molecule has 7 nitrogen and oxygen atoms in total. The summed E-state index contributed by atoms with van der Waals surface area (Å²) in [5.74, 6) is 1.59. The number of nitrogens with zero attached hydrogens (tertiary/aromatic N) is 3. The highest BCUT2D eigenvalue weighted by atomic mass is 32.2. The van der Waals surface area contributed by atoms with Gasteiger partial charge in [-0.2, -0.15) is 4.31 Å². The number of hydrogen-bond donors (Lipinski definition) is 0. The van der Waals surface area contributed by atoms with Gasteiger partial charge in [-0.1, -0.05) is 11.2 Å². The summed E-state index contributed by atoms with van der Waals surface area (Å²) in [5, 5.41) is 5.75. The van der Waals surface area contributed by atoms with Gasteiger partial charge in [0.15, 0.2) is 5.76 Å². The molecule has 10 heteroatoms. The summed E-state index contributed by atoms with van der Waals surface area (Å²) in [7, 11) is -3.64. The summed E-state index contributed by atoms with van der Waals surface area (Å²) in [6.45, 7) is 4.59. The van der Waals surface area contributed by atoms with Crippen LogP contribution in [0.25, 0.3) is 0 Å². The molecule has 0 atom stereocenters. The maximum atomic E-state index is 12.8. The fraction of sp³-hybridized carbons (Fsp3) is 0.500. The zero-order valence-corrected chi connectivity index (χ0v) is 17.1. The molecule has 26 heavy (non-hydrogen) atoms. The molecule has 1 saturated heterocycles. The quantitative estimate of drug-likeness (QED) is 0.719. The molecular weight excluding hydrogens is 394 g/mol. The minimum atomic E-state index is -3.64. The molecule has 1 aliphatic rings. The summed E-state index contributed by atoms with van der Waals surface area (Å²) >= 11 is 3.27. The first kappa shape index (κ1) is 19.4. The monoisotopic (exact) mass is 415 g/mol. The smallest absolute Gasteiger partial charge is 0.248 e. The second-order valence-corrected chi connectivity index (χ2v) is 9.90. The lowest BCUT2D eigenvalue weighted by Gasteiger charge is -2.33. The van der Waals surface area contributed by atoms with E-state index >= 15 is 0 Å². The molecule has 0 bridgehead atoms. The van der Waals surface area contributed by atoms with Crippen molar-refractivity contribution in [1.82, 2.24) is 14.4 Å². The molecule has 0 saturated carbocycles. The van der Waals surface area contributed by atoms with Crippen LogP contribution in [0.3, 0.4) is 0 Å². The van der Waals surface area contributed by atoms with Gasteiger partial charge in [0.1, 0.15) is 10.6 Å². The van der Waals surface area contributed by atoms with Gasteiger partial charge >= 0.3 is 0 Å². The first-order valence-electron chi connectivity index (χ1n) is 8.20. The molecule has 1 aliphatic heterocycles. The first-order valence-corrected chi connectivity index (χ1v) is 11.7. The van der Waals surface area contributed by atoms with Crippen LogP contribution < -0.4 is 0 Å². The number of amides is 1. The first-order chi connectivity index (χ1) is 12.4. The Morgan fingerprint density at radius 3 is 2.62 bits per heavy atom. The van der Waals surface area contributed by atoms with E-state index in [9.17, 15) is 13.2 Å². The fourth-order valence-corrected chi connectivity index (χ4v) is 6.36. The second kappa shape index (κ2) is 8.12. The Bertz CT molecular complexity index is 834. The summed E-state index contributed by atoms with van der Waals surface area (Å²) in [6, 6.07) is 4.06. The van der Waals surface area contributed by atoms with Crippen molar-refractivity contribution >= 4 is 39.0 Å². The average molecular weight is 416 g/mol. The van der Waals surface area contributed by atoms with Crippen LogP contribution in [0.2, 0.25) is 0 Å². The van der Waals surface area contributed by atoms with Gasteiger partial charge in [0.05, 0.1) is 5.75 Å². The number of sulfonamides is 1. The fourth-order valence-electron chi connectivity index (χ4n) is 2.87. The molecule has 0 aliphatic carbocycles. The largest absolute Gasteiger partial charge is 0.360 e. The van der Waals surface area contributed by atoms with E-state index in [1.54, 1.807) is 41.8 Å². The number of carbonyl (C=O) groups is 1. The highest BCUT2D eigenvalue weighted by Crippen LogP contribution is 2.24. The van der Waals surface area contributed by atoms with Crippen molar-refractivity contribution in [2.75, 3.05) is 31.9 Å². The number of thioether (sulfide) groups is 1. The third-order valence-electron chi connectivity index (χ3n) is 4.21. The van der Waals surface area contributed by atoms with E-state index in [1.165, 1.54) is 9.18 Å². The number of aryl methyl sites for hydroxylation is 2. The summed E-state index contributed by atoms with van der Waals surface area (Å²) in [6.07, 6.45) is 0. The predicted molar refractivity (Wildman–Crippen MR) is 102 cm³/mol. The van der Waals surface area contributed by atoms with Gasteiger partial charge in [0.2, 0.25) is 15.9 Å². The van der Waals surface area contributed by atoms with Gasteiger partial charge in [-0.25, -0.2) is 8.42 Å². The lowest BCUT2D eigenvalue weighted by molar-refractivity contribution is -0.129. The third kappa shape index (κ3) is 4.13. The SMILES string of the molecule is Cc1noc(C)c1S(=O)(=O)N1CCN(C(=O)CSCc2cccs2)CC1. The molecule has 1 amide bonds. The van der Waals surface area contributed by atoms with Gasteiger partial charge in [-0.05, 0) is 25.3 Å². The molecule has 3 heterocycles. The van der Waals surface area contributed by atoms with E-state index in [1.807, 2.05) is 11.4 Å². The Morgan fingerprint density at radius 1 is 1.31 bits per heavy atom. The Hall–Kier alpha value is -1.36. The topological polar surface area (TPSA) is 83.7 Å². The predicted octanol–water partition coefficient (Wildman–Crippen LogP) is 2.12. The molecule has 3 rings (SSSR count). The lowest BCUT2D eigenvalue weighted by Crippen LogP contribution is -2.51. The molecular formula is C16H21N3O4S3. The molecule has 0 radical (unpaired) electrons. The number of aromatic nitrogens is 1. The van der Waals surface area contributed by atoms with E-state index in [0.717, 1.165) is 5.75 Å². The maximum Gasteiger partial charge on any atom is 0.248 e. The molecule has 0 spiro atoms.